The van der Waals surface area contributed by atoms with Crippen molar-refractivity contribution in [2.45, 2.75) is 77.4 Å². The number of nitrogens with one attached hydrogen (secondary N) is 1. The normalized spacial score (nSPS) is 18.3. The lowest BCUT2D eigenvalue weighted by molar-refractivity contribution is -0.786. The predicted octanol–water partition coefficient (Wildman–Crippen LogP) is 5.80. The van der Waals surface area contributed by atoms with Crippen molar-refractivity contribution < 1.29 is 19.3 Å². The number of aryl methyl sites for hydroxylation is 1. The van der Waals surface area contributed by atoms with Gasteiger partial charge in [-0.15, -0.1) is 4.68 Å². The zero-order valence-corrected chi connectivity index (χ0v) is 23.0. The number of pyridine rings is 1. The molecule has 0 radical (unpaired) electrons. The number of rotatable bonds is 10. The minimum Gasteiger partial charge on any atom is -0.481 e. The number of aromatic amines is 1. The monoisotopic (exact) mass is 507 g/mol. The highest BCUT2D eigenvalue weighted by molar-refractivity contribution is 6.76. The smallest absolute Gasteiger partial charge is 0.318 e. The number of benzene rings is 1. The van der Waals surface area contributed by atoms with Crippen LogP contribution < -0.4 is 4.68 Å². The number of carboxylic acids is 1. The van der Waals surface area contributed by atoms with Crippen LogP contribution in [-0.4, -0.2) is 40.8 Å². The van der Waals surface area contributed by atoms with Crippen LogP contribution in [0.5, 0.6) is 0 Å². The molecule has 3 aromatic rings. The Kier molecular flexibility index (Phi) is 8.36. The number of nitrogens with zero attached hydrogens (tertiary/aromatic N) is 3. The topological polar surface area (TPSA) is 92.0 Å². The summed E-state index contributed by atoms with van der Waals surface area (Å²) < 4.78 is 7.80. The van der Waals surface area contributed by atoms with Gasteiger partial charge in [0.15, 0.2) is 0 Å². The van der Waals surface area contributed by atoms with Crippen LogP contribution in [0.25, 0.3) is 22.6 Å². The summed E-state index contributed by atoms with van der Waals surface area (Å²) in [7, 11) is -1.10. The third-order valence-corrected chi connectivity index (χ3v) is 8.85. The molecule has 1 aliphatic rings. The number of aromatic nitrogens is 4. The van der Waals surface area contributed by atoms with Crippen molar-refractivity contribution in [3.63, 3.8) is 0 Å². The Balaban J connectivity index is 1.34. The molecule has 1 fully saturated rings. The van der Waals surface area contributed by atoms with Crippen molar-refractivity contribution in [1.29, 1.82) is 0 Å². The molecular weight excluding hydrogens is 468 g/mol. The average molecular weight is 508 g/mol. The zero-order valence-electron chi connectivity index (χ0n) is 22.0. The molecule has 1 aromatic carbocycles. The molecule has 4 rings (SSSR count). The summed E-state index contributed by atoms with van der Waals surface area (Å²) in [6.45, 7) is 10.3. The van der Waals surface area contributed by atoms with Gasteiger partial charge >= 0.3 is 11.8 Å². The molecule has 8 heteroatoms. The molecule has 2 heterocycles. The Morgan fingerprint density at radius 1 is 1.08 bits per heavy atom. The molecule has 0 bridgehead atoms. The van der Waals surface area contributed by atoms with Gasteiger partial charge in [0.25, 0.3) is 5.82 Å². The van der Waals surface area contributed by atoms with E-state index in [9.17, 15) is 4.79 Å². The highest BCUT2D eigenvalue weighted by atomic mass is 28.3. The second-order valence-electron chi connectivity index (χ2n) is 11.3. The van der Waals surface area contributed by atoms with Gasteiger partial charge in [-0.05, 0) is 66.2 Å². The number of hydrogen-bond acceptors (Lipinski definition) is 4. The molecule has 7 nitrogen and oxygen atoms in total. The summed E-state index contributed by atoms with van der Waals surface area (Å²) in [5.41, 5.74) is 4.30. The van der Waals surface area contributed by atoms with Crippen LogP contribution in [0.4, 0.5) is 0 Å². The van der Waals surface area contributed by atoms with Crippen molar-refractivity contribution in [3.05, 3.63) is 54.0 Å². The summed E-state index contributed by atoms with van der Waals surface area (Å²) in [6, 6.07) is 13.9. The van der Waals surface area contributed by atoms with Gasteiger partial charge in [-0.1, -0.05) is 43.9 Å². The van der Waals surface area contributed by atoms with Gasteiger partial charge in [0, 0.05) is 39.8 Å². The standard InChI is InChI=1S/C28H38N4O3Si/c1-20-30-28(31-32(20)19-35-15-16-36(2,3)4)25-13-14-26(29-18-25)24-11-9-23(10-12-24)22-7-5-21(6-8-22)17-27(33)34/h9-14,18,21-22H,5-8,15-17,19H2,1-4H3,(H,33,34)/p+1. The molecule has 2 aromatic heterocycles. The fraction of sp³-hybridized carbons (Fsp3) is 0.500. The molecule has 192 valence electrons. The highest BCUT2D eigenvalue weighted by Gasteiger charge is 2.24. The van der Waals surface area contributed by atoms with Crippen LogP contribution in [0.2, 0.25) is 25.7 Å². The minimum absolute atomic E-state index is 0.303. The van der Waals surface area contributed by atoms with E-state index in [1.54, 1.807) is 0 Å². The first-order chi connectivity index (χ1) is 17.2. The maximum atomic E-state index is 11.0. The first-order valence-electron chi connectivity index (χ1n) is 13.0. The predicted molar refractivity (Wildman–Crippen MR) is 143 cm³/mol. The van der Waals surface area contributed by atoms with Crippen LogP contribution in [0.3, 0.4) is 0 Å². The largest absolute Gasteiger partial charge is 0.481 e. The van der Waals surface area contributed by atoms with Crippen LogP contribution in [0.1, 0.15) is 49.4 Å². The highest BCUT2D eigenvalue weighted by Crippen LogP contribution is 2.37. The van der Waals surface area contributed by atoms with Gasteiger partial charge in [0.05, 0.1) is 11.3 Å². The van der Waals surface area contributed by atoms with Crippen LogP contribution >= 0.6 is 0 Å². The second kappa shape index (κ2) is 11.5. The molecule has 1 aliphatic carbocycles. The van der Waals surface area contributed by atoms with Gasteiger partial charge < -0.3 is 9.84 Å². The minimum atomic E-state index is -1.10. The quantitative estimate of drug-likeness (QED) is 0.206. The lowest BCUT2D eigenvalue weighted by Crippen LogP contribution is -2.40. The fourth-order valence-corrected chi connectivity index (χ4v) is 5.58. The van der Waals surface area contributed by atoms with E-state index < -0.39 is 14.0 Å². The maximum absolute atomic E-state index is 11.0. The Hall–Kier alpha value is -2.84. The SMILES string of the molecule is Cc1nc(-c2ccc(-c3ccc(C4CCC(CC(=O)O)CC4)cc3)nc2)[nH][n+]1COCC[Si](C)(C)C. The summed E-state index contributed by atoms with van der Waals surface area (Å²) in [6.07, 6.45) is 6.29. The third-order valence-electron chi connectivity index (χ3n) is 7.15. The van der Waals surface area contributed by atoms with E-state index in [2.05, 4.69) is 60.1 Å². The van der Waals surface area contributed by atoms with Gasteiger partial charge in [0.2, 0.25) is 6.73 Å². The van der Waals surface area contributed by atoms with Gasteiger partial charge in [0.1, 0.15) is 0 Å². The summed E-state index contributed by atoms with van der Waals surface area (Å²) in [5.74, 6) is 1.84. The number of carbonyl (C=O) groups is 1. The molecule has 0 aliphatic heterocycles. The second-order valence-corrected chi connectivity index (χ2v) is 16.9. The van der Waals surface area contributed by atoms with Gasteiger partial charge in [-0.2, -0.15) is 5.10 Å². The molecule has 0 unspecified atom stereocenters. The van der Waals surface area contributed by atoms with Crippen LogP contribution in [0, 0.1) is 12.8 Å². The number of carboxylic acid groups (broad SMARTS) is 1. The van der Waals surface area contributed by atoms with E-state index in [1.807, 2.05) is 23.9 Å². The number of ether oxygens (including phenoxy) is 1. The lowest BCUT2D eigenvalue weighted by atomic mass is 9.77. The third kappa shape index (κ3) is 7.10. The van der Waals surface area contributed by atoms with Gasteiger partial charge in [-0.25, -0.2) is 0 Å². The number of aliphatic carboxylic acids is 1. The van der Waals surface area contributed by atoms with Gasteiger partial charge in [-0.3, -0.25) is 9.78 Å². The van der Waals surface area contributed by atoms with E-state index >= 15 is 0 Å². The van der Waals surface area contributed by atoms with E-state index in [-0.39, 0.29) is 0 Å². The molecule has 1 saturated carbocycles. The number of H-pyrrole nitrogens is 1. The fourth-order valence-electron chi connectivity index (χ4n) is 4.82. The van der Waals surface area contributed by atoms with Crippen molar-refractivity contribution in [2.75, 3.05) is 6.61 Å². The van der Waals surface area contributed by atoms with Crippen molar-refractivity contribution in [3.8, 4) is 22.6 Å². The van der Waals surface area contributed by atoms with Crippen molar-refractivity contribution >= 4 is 14.0 Å². The molecule has 0 spiro atoms. The Bertz CT molecular complexity index is 1150. The van der Waals surface area contributed by atoms with Crippen molar-refractivity contribution in [2.24, 2.45) is 5.92 Å². The summed E-state index contributed by atoms with van der Waals surface area (Å²) in [5, 5.41) is 12.4. The average Bonchev–Trinajstić information content (AvgIpc) is 3.22. The zero-order chi connectivity index (χ0) is 25.7. The van der Waals surface area contributed by atoms with E-state index in [0.717, 1.165) is 66.8 Å². The van der Waals surface area contributed by atoms with E-state index in [4.69, 9.17) is 14.8 Å². The van der Waals surface area contributed by atoms with Crippen LogP contribution in [0.15, 0.2) is 42.6 Å². The van der Waals surface area contributed by atoms with Crippen molar-refractivity contribution in [1.82, 2.24) is 15.1 Å². The first-order valence-corrected chi connectivity index (χ1v) is 16.7. The molecule has 2 N–H and O–H groups in total. The lowest BCUT2D eigenvalue weighted by Gasteiger charge is -2.28. The Labute approximate surface area is 215 Å². The Morgan fingerprint density at radius 3 is 2.39 bits per heavy atom. The first kappa shape index (κ1) is 26.2. The molecule has 0 amide bonds. The van der Waals surface area contributed by atoms with Crippen LogP contribution in [-0.2, 0) is 16.3 Å². The molecule has 0 atom stereocenters. The Morgan fingerprint density at radius 2 is 1.78 bits per heavy atom. The number of hydrogen-bond donors (Lipinski definition) is 2. The summed E-state index contributed by atoms with van der Waals surface area (Å²) >= 11 is 0. The summed E-state index contributed by atoms with van der Waals surface area (Å²) in [4.78, 5) is 20.3. The molecular formula is C28H39N4O3Si+. The molecule has 0 saturated heterocycles. The van der Waals surface area contributed by atoms with E-state index in [0.29, 0.717) is 25.0 Å². The maximum Gasteiger partial charge on any atom is 0.318 e. The molecule has 36 heavy (non-hydrogen) atoms. The van der Waals surface area contributed by atoms with E-state index in [1.165, 1.54) is 5.56 Å².